The molecular weight excluding hydrogens is 272 g/mol. The van der Waals surface area contributed by atoms with Crippen molar-refractivity contribution in [3.63, 3.8) is 0 Å². The molecule has 1 aromatic carbocycles. The molecule has 0 atom stereocenters. The summed E-state index contributed by atoms with van der Waals surface area (Å²) >= 11 is 0. The minimum absolute atomic E-state index is 0.0356. The maximum Gasteiger partial charge on any atom is 0.278 e. The highest BCUT2D eigenvalue weighted by Crippen LogP contribution is 2.15. The number of amides is 1. The van der Waals surface area contributed by atoms with Crippen LogP contribution in [0.5, 0.6) is 0 Å². The van der Waals surface area contributed by atoms with Gasteiger partial charge in [-0.15, -0.1) is 0 Å². The second kappa shape index (κ2) is 7.49. The van der Waals surface area contributed by atoms with E-state index in [2.05, 4.69) is 15.4 Å². The first kappa shape index (κ1) is 15.1. The van der Waals surface area contributed by atoms with Crippen LogP contribution in [0.3, 0.4) is 0 Å². The zero-order valence-electron chi connectivity index (χ0n) is 11.7. The minimum atomic E-state index is -0.475. The van der Waals surface area contributed by atoms with Gasteiger partial charge in [-0.1, -0.05) is 18.6 Å². The largest absolute Gasteiger partial charge is 0.294 e. The lowest BCUT2D eigenvalue weighted by Gasteiger charge is -2.25. The van der Waals surface area contributed by atoms with Gasteiger partial charge in [0.25, 0.3) is 11.6 Å². The van der Waals surface area contributed by atoms with Crippen LogP contribution >= 0.6 is 0 Å². The number of carbonyl (C=O) groups is 1. The number of hydrazone groups is 1. The van der Waals surface area contributed by atoms with Crippen LogP contribution in [0.1, 0.15) is 24.8 Å². The molecule has 0 unspecified atom stereocenters. The second-order valence-corrected chi connectivity index (χ2v) is 4.95. The zero-order valence-corrected chi connectivity index (χ0v) is 11.7. The SMILES string of the molecule is O=C(CN1CCCCC1)N/N=C/c1ccccc1[N+](=O)[O-]. The molecule has 0 aromatic heterocycles. The van der Waals surface area contributed by atoms with E-state index in [4.69, 9.17) is 0 Å². The first-order valence-electron chi connectivity index (χ1n) is 6.94. The van der Waals surface area contributed by atoms with E-state index in [1.807, 2.05) is 0 Å². The second-order valence-electron chi connectivity index (χ2n) is 4.95. The standard InChI is InChI=1S/C14H18N4O3/c19-14(11-17-8-4-1-5-9-17)16-15-10-12-6-2-3-7-13(12)18(20)21/h2-3,6-7,10H,1,4-5,8-9,11H2,(H,16,19)/b15-10+. The Hall–Kier alpha value is -2.28. The third kappa shape index (κ3) is 4.64. The van der Waals surface area contributed by atoms with Gasteiger partial charge in [0.05, 0.1) is 23.2 Å². The van der Waals surface area contributed by atoms with Crippen LogP contribution in [0.4, 0.5) is 5.69 Å². The number of benzene rings is 1. The maximum absolute atomic E-state index is 11.7. The number of nitrogens with zero attached hydrogens (tertiary/aromatic N) is 3. The van der Waals surface area contributed by atoms with Crippen LogP contribution in [0.2, 0.25) is 0 Å². The first-order chi connectivity index (χ1) is 10.2. The van der Waals surface area contributed by atoms with Crippen LogP contribution in [0.15, 0.2) is 29.4 Å². The van der Waals surface area contributed by atoms with Crippen LogP contribution in [-0.2, 0) is 4.79 Å². The van der Waals surface area contributed by atoms with E-state index in [-0.39, 0.29) is 11.6 Å². The summed E-state index contributed by atoms with van der Waals surface area (Å²) in [6, 6.07) is 6.25. The van der Waals surface area contributed by atoms with Crippen molar-refractivity contribution in [2.24, 2.45) is 5.10 Å². The molecule has 2 rings (SSSR count). The number of rotatable bonds is 5. The number of nitro benzene ring substituents is 1. The summed E-state index contributed by atoms with van der Waals surface area (Å²) in [5.41, 5.74) is 2.74. The molecular formula is C14H18N4O3. The molecule has 1 fully saturated rings. The Morgan fingerprint density at radius 2 is 2.05 bits per heavy atom. The Balaban J connectivity index is 1.87. The van der Waals surface area contributed by atoms with E-state index in [9.17, 15) is 14.9 Å². The van der Waals surface area contributed by atoms with Crippen molar-refractivity contribution in [1.29, 1.82) is 0 Å². The average molecular weight is 290 g/mol. The van der Waals surface area contributed by atoms with E-state index in [1.54, 1.807) is 18.2 Å². The van der Waals surface area contributed by atoms with Crippen molar-refractivity contribution in [2.45, 2.75) is 19.3 Å². The van der Waals surface area contributed by atoms with Gasteiger partial charge in [0.15, 0.2) is 0 Å². The van der Waals surface area contributed by atoms with Gasteiger partial charge in [-0.3, -0.25) is 19.8 Å². The Kier molecular flexibility index (Phi) is 5.39. The lowest BCUT2D eigenvalue weighted by atomic mass is 10.1. The number of nitrogens with one attached hydrogen (secondary N) is 1. The normalized spacial score (nSPS) is 16.0. The van der Waals surface area contributed by atoms with Crippen molar-refractivity contribution in [2.75, 3.05) is 19.6 Å². The van der Waals surface area contributed by atoms with E-state index in [0.717, 1.165) is 25.9 Å². The lowest BCUT2D eigenvalue weighted by molar-refractivity contribution is -0.385. The fourth-order valence-electron chi connectivity index (χ4n) is 2.29. The van der Waals surface area contributed by atoms with Gasteiger partial charge in [-0.25, -0.2) is 5.43 Å². The lowest BCUT2D eigenvalue weighted by Crippen LogP contribution is -2.38. The molecule has 1 saturated heterocycles. The fourth-order valence-corrected chi connectivity index (χ4v) is 2.29. The summed E-state index contributed by atoms with van der Waals surface area (Å²) in [6.45, 7) is 2.18. The van der Waals surface area contributed by atoms with Crippen molar-refractivity contribution in [3.05, 3.63) is 39.9 Å². The zero-order chi connectivity index (χ0) is 15.1. The summed E-state index contributed by atoms with van der Waals surface area (Å²) in [6.07, 6.45) is 4.75. The third-order valence-electron chi connectivity index (χ3n) is 3.34. The summed E-state index contributed by atoms with van der Waals surface area (Å²) < 4.78 is 0. The highest BCUT2D eigenvalue weighted by Gasteiger charge is 2.13. The molecule has 112 valence electrons. The van der Waals surface area contributed by atoms with Crippen molar-refractivity contribution in [3.8, 4) is 0 Å². The quantitative estimate of drug-likeness (QED) is 0.506. The molecule has 1 N–H and O–H groups in total. The van der Waals surface area contributed by atoms with Gasteiger partial charge in [0, 0.05) is 6.07 Å². The smallest absolute Gasteiger partial charge is 0.278 e. The van der Waals surface area contributed by atoms with Crippen LogP contribution < -0.4 is 5.43 Å². The maximum atomic E-state index is 11.7. The first-order valence-corrected chi connectivity index (χ1v) is 6.94. The molecule has 0 spiro atoms. The Morgan fingerprint density at radius 1 is 1.33 bits per heavy atom. The number of nitro groups is 1. The molecule has 0 aliphatic carbocycles. The number of para-hydroxylation sites is 1. The van der Waals surface area contributed by atoms with E-state index < -0.39 is 4.92 Å². The summed E-state index contributed by atoms with van der Waals surface area (Å²) in [4.78, 5) is 24.2. The van der Waals surface area contributed by atoms with Crippen LogP contribution in [0, 0.1) is 10.1 Å². The molecule has 7 nitrogen and oxygen atoms in total. The molecule has 0 radical (unpaired) electrons. The number of likely N-dealkylation sites (tertiary alicyclic amines) is 1. The highest BCUT2D eigenvalue weighted by molar-refractivity contribution is 5.86. The predicted molar refractivity (Wildman–Crippen MR) is 79.1 cm³/mol. The minimum Gasteiger partial charge on any atom is -0.294 e. The van der Waals surface area contributed by atoms with E-state index in [0.29, 0.717) is 12.1 Å². The number of piperidine rings is 1. The Labute approximate surface area is 122 Å². The highest BCUT2D eigenvalue weighted by atomic mass is 16.6. The monoisotopic (exact) mass is 290 g/mol. The number of hydrogen-bond donors (Lipinski definition) is 1. The summed E-state index contributed by atoms with van der Waals surface area (Å²) in [7, 11) is 0. The Morgan fingerprint density at radius 3 is 2.76 bits per heavy atom. The summed E-state index contributed by atoms with van der Waals surface area (Å²) in [5.74, 6) is -0.202. The molecule has 21 heavy (non-hydrogen) atoms. The van der Waals surface area contributed by atoms with Crippen molar-refractivity contribution in [1.82, 2.24) is 10.3 Å². The average Bonchev–Trinajstić information content (AvgIpc) is 2.48. The van der Waals surface area contributed by atoms with Crippen molar-refractivity contribution < 1.29 is 9.72 Å². The molecule has 7 heteroatoms. The van der Waals surface area contributed by atoms with Crippen LogP contribution in [0.25, 0.3) is 0 Å². The van der Waals surface area contributed by atoms with Gasteiger partial charge in [0.2, 0.25) is 0 Å². The van der Waals surface area contributed by atoms with Gasteiger partial charge < -0.3 is 0 Å². The fraction of sp³-hybridized carbons (Fsp3) is 0.429. The molecule has 1 heterocycles. The van der Waals surface area contributed by atoms with Gasteiger partial charge in [-0.2, -0.15) is 5.10 Å². The van der Waals surface area contributed by atoms with Crippen LogP contribution in [-0.4, -0.2) is 41.6 Å². The molecule has 1 amide bonds. The van der Waals surface area contributed by atoms with E-state index in [1.165, 1.54) is 18.7 Å². The third-order valence-corrected chi connectivity index (χ3v) is 3.34. The topological polar surface area (TPSA) is 87.8 Å². The van der Waals surface area contributed by atoms with Crippen molar-refractivity contribution >= 4 is 17.8 Å². The van der Waals surface area contributed by atoms with Gasteiger partial charge in [0.1, 0.15) is 0 Å². The molecule has 1 aliphatic heterocycles. The Bertz CT molecular complexity index is 539. The predicted octanol–water partition coefficient (Wildman–Crippen LogP) is 1.53. The van der Waals surface area contributed by atoms with Gasteiger partial charge in [-0.05, 0) is 32.0 Å². The number of hydrogen-bond acceptors (Lipinski definition) is 5. The molecule has 0 bridgehead atoms. The van der Waals surface area contributed by atoms with Gasteiger partial charge >= 0.3 is 0 Å². The molecule has 0 saturated carbocycles. The summed E-state index contributed by atoms with van der Waals surface area (Å²) in [5, 5.41) is 14.6. The van der Waals surface area contributed by atoms with E-state index >= 15 is 0 Å². The molecule has 1 aliphatic rings. The number of carbonyl (C=O) groups excluding carboxylic acids is 1. The molecule has 1 aromatic rings.